The van der Waals surface area contributed by atoms with E-state index in [0.717, 1.165) is 36.6 Å². The first-order chi connectivity index (χ1) is 8.65. The van der Waals surface area contributed by atoms with Crippen molar-refractivity contribution in [2.45, 2.75) is 37.6 Å². The van der Waals surface area contributed by atoms with Crippen LogP contribution in [0.5, 0.6) is 0 Å². The van der Waals surface area contributed by atoms with Gasteiger partial charge in [-0.05, 0) is 37.1 Å². The molecule has 0 aliphatic heterocycles. The average molecular weight is 307 g/mol. The molecule has 18 heavy (non-hydrogen) atoms. The molecule has 4 heteroatoms. The van der Waals surface area contributed by atoms with E-state index >= 15 is 0 Å². The van der Waals surface area contributed by atoms with Gasteiger partial charge in [0.25, 0.3) is 5.91 Å². The van der Waals surface area contributed by atoms with Gasteiger partial charge in [0.2, 0.25) is 0 Å². The van der Waals surface area contributed by atoms with Crippen molar-refractivity contribution < 1.29 is 4.79 Å². The molecular weight excluding hydrogens is 292 g/mol. The summed E-state index contributed by atoms with van der Waals surface area (Å²) < 4.78 is 0.937. The van der Waals surface area contributed by atoms with Crippen LogP contribution in [0.25, 0.3) is 0 Å². The largest absolute Gasteiger partial charge is 0.334 e. The third-order valence-electron chi connectivity index (χ3n) is 3.38. The van der Waals surface area contributed by atoms with Crippen LogP contribution in [0.3, 0.4) is 0 Å². The second-order valence-electron chi connectivity index (χ2n) is 4.72. The highest BCUT2D eigenvalue weighted by Gasteiger charge is 2.33. The molecule has 0 atom stereocenters. The number of halogens is 1. The summed E-state index contributed by atoms with van der Waals surface area (Å²) in [5.74, 6) is -0.161. The molecule has 1 aromatic carbocycles. The van der Waals surface area contributed by atoms with Gasteiger partial charge in [-0.2, -0.15) is 5.26 Å². The summed E-state index contributed by atoms with van der Waals surface area (Å²) in [5.41, 5.74) is -0.0685. The van der Waals surface area contributed by atoms with Crippen LogP contribution >= 0.6 is 15.9 Å². The van der Waals surface area contributed by atoms with Gasteiger partial charge in [0.1, 0.15) is 5.54 Å². The van der Waals surface area contributed by atoms with E-state index in [0.29, 0.717) is 5.56 Å². The number of nitriles is 1. The lowest BCUT2D eigenvalue weighted by Crippen LogP contribution is -2.48. The Kier molecular flexibility index (Phi) is 4.03. The van der Waals surface area contributed by atoms with Crippen molar-refractivity contribution in [3.8, 4) is 6.07 Å². The van der Waals surface area contributed by atoms with E-state index < -0.39 is 5.54 Å². The van der Waals surface area contributed by atoms with E-state index in [1.165, 1.54) is 0 Å². The smallest absolute Gasteiger partial charge is 0.252 e. The second kappa shape index (κ2) is 5.53. The number of rotatable bonds is 2. The molecule has 0 radical (unpaired) electrons. The summed E-state index contributed by atoms with van der Waals surface area (Å²) in [6.07, 6.45) is 4.68. The van der Waals surface area contributed by atoms with E-state index in [4.69, 9.17) is 0 Å². The normalized spacial score (nSPS) is 17.8. The van der Waals surface area contributed by atoms with Crippen LogP contribution < -0.4 is 5.32 Å². The molecule has 0 spiro atoms. The van der Waals surface area contributed by atoms with Gasteiger partial charge in [-0.25, -0.2) is 0 Å². The van der Waals surface area contributed by atoms with E-state index in [9.17, 15) is 10.1 Å². The Bertz CT molecular complexity index is 470. The van der Waals surface area contributed by atoms with Gasteiger partial charge in [0.05, 0.1) is 6.07 Å². The monoisotopic (exact) mass is 306 g/mol. The zero-order valence-electron chi connectivity index (χ0n) is 10.1. The zero-order valence-corrected chi connectivity index (χ0v) is 11.7. The van der Waals surface area contributed by atoms with E-state index in [-0.39, 0.29) is 5.91 Å². The Balaban J connectivity index is 2.10. The van der Waals surface area contributed by atoms with Crippen LogP contribution in [0.2, 0.25) is 0 Å². The minimum absolute atomic E-state index is 0.161. The molecule has 1 aromatic rings. The lowest BCUT2D eigenvalue weighted by atomic mass is 9.82. The van der Waals surface area contributed by atoms with E-state index in [1.807, 2.05) is 12.1 Å². The van der Waals surface area contributed by atoms with E-state index in [1.54, 1.807) is 12.1 Å². The zero-order chi connectivity index (χ0) is 13.0. The van der Waals surface area contributed by atoms with Crippen molar-refractivity contribution in [3.63, 3.8) is 0 Å². The van der Waals surface area contributed by atoms with Crippen molar-refractivity contribution in [2.24, 2.45) is 0 Å². The number of carbonyl (C=O) groups excluding carboxylic acids is 1. The van der Waals surface area contributed by atoms with Crippen LogP contribution in [0.15, 0.2) is 28.7 Å². The molecule has 0 heterocycles. The number of hydrogen-bond acceptors (Lipinski definition) is 2. The first-order valence-corrected chi connectivity index (χ1v) is 6.94. The quantitative estimate of drug-likeness (QED) is 0.910. The fourth-order valence-electron chi connectivity index (χ4n) is 2.31. The van der Waals surface area contributed by atoms with Crippen molar-refractivity contribution in [1.82, 2.24) is 5.32 Å². The summed E-state index contributed by atoms with van der Waals surface area (Å²) in [6, 6.07) is 9.46. The van der Waals surface area contributed by atoms with Gasteiger partial charge >= 0.3 is 0 Å². The first-order valence-electron chi connectivity index (χ1n) is 6.15. The SMILES string of the molecule is N#CC1(NC(=O)c2ccc(Br)cc2)CCCCC1. The summed E-state index contributed by atoms with van der Waals surface area (Å²) in [5, 5.41) is 12.2. The van der Waals surface area contributed by atoms with Gasteiger partial charge in [-0.15, -0.1) is 0 Å². The highest BCUT2D eigenvalue weighted by molar-refractivity contribution is 9.10. The van der Waals surface area contributed by atoms with Crippen molar-refractivity contribution in [2.75, 3.05) is 0 Å². The molecule has 0 bridgehead atoms. The maximum absolute atomic E-state index is 12.1. The minimum atomic E-state index is -0.664. The van der Waals surface area contributed by atoms with Crippen molar-refractivity contribution >= 4 is 21.8 Å². The Morgan fingerprint density at radius 3 is 2.39 bits per heavy atom. The molecule has 0 unspecified atom stereocenters. The lowest BCUT2D eigenvalue weighted by molar-refractivity contribution is 0.0902. The van der Waals surface area contributed by atoms with Crippen LogP contribution in [-0.2, 0) is 0 Å². The number of amides is 1. The number of nitrogens with one attached hydrogen (secondary N) is 1. The Morgan fingerprint density at radius 1 is 1.22 bits per heavy atom. The van der Waals surface area contributed by atoms with E-state index in [2.05, 4.69) is 27.3 Å². The summed E-state index contributed by atoms with van der Waals surface area (Å²) in [4.78, 5) is 12.1. The Labute approximate surface area is 115 Å². The standard InChI is InChI=1S/C14H15BrN2O/c15-12-6-4-11(5-7-12)13(18)17-14(10-16)8-2-1-3-9-14/h4-7H,1-3,8-9H2,(H,17,18). The number of benzene rings is 1. The molecule has 1 aliphatic carbocycles. The van der Waals surface area contributed by atoms with Gasteiger partial charge < -0.3 is 5.32 Å². The highest BCUT2D eigenvalue weighted by atomic mass is 79.9. The maximum atomic E-state index is 12.1. The fraction of sp³-hybridized carbons (Fsp3) is 0.429. The Hall–Kier alpha value is -1.34. The summed E-state index contributed by atoms with van der Waals surface area (Å²) >= 11 is 3.33. The summed E-state index contributed by atoms with van der Waals surface area (Å²) in [6.45, 7) is 0. The molecule has 1 N–H and O–H groups in total. The first kappa shape index (κ1) is 13.1. The fourth-order valence-corrected chi connectivity index (χ4v) is 2.58. The predicted octanol–water partition coefficient (Wildman–Crippen LogP) is 3.41. The minimum Gasteiger partial charge on any atom is -0.334 e. The lowest BCUT2D eigenvalue weighted by Gasteiger charge is -2.31. The molecule has 0 aromatic heterocycles. The molecule has 1 saturated carbocycles. The molecule has 94 valence electrons. The molecule has 1 aliphatic rings. The van der Waals surface area contributed by atoms with Crippen LogP contribution in [0, 0.1) is 11.3 Å². The molecular formula is C14H15BrN2O. The summed E-state index contributed by atoms with van der Waals surface area (Å²) in [7, 11) is 0. The number of nitrogens with zero attached hydrogens (tertiary/aromatic N) is 1. The third kappa shape index (κ3) is 2.91. The van der Waals surface area contributed by atoms with Crippen molar-refractivity contribution in [3.05, 3.63) is 34.3 Å². The van der Waals surface area contributed by atoms with Crippen LogP contribution in [-0.4, -0.2) is 11.4 Å². The Morgan fingerprint density at radius 2 is 1.83 bits per heavy atom. The van der Waals surface area contributed by atoms with Gasteiger partial charge in [-0.1, -0.05) is 35.2 Å². The highest BCUT2D eigenvalue weighted by Crippen LogP contribution is 2.27. The van der Waals surface area contributed by atoms with Gasteiger partial charge in [0, 0.05) is 10.0 Å². The topological polar surface area (TPSA) is 52.9 Å². The number of carbonyl (C=O) groups is 1. The van der Waals surface area contributed by atoms with Crippen molar-refractivity contribution in [1.29, 1.82) is 5.26 Å². The van der Waals surface area contributed by atoms with Gasteiger partial charge in [0.15, 0.2) is 0 Å². The molecule has 1 amide bonds. The molecule has 3 nitrogen and oxygen atoms in total. The van der Waals surface area contributed by atoms with Gasteiger partial charge in [-0.3, -0.25) is 4.79 Å². The van der Waals surface area contributed by atoms with Crippen LogP contribution in [0.4, 0.5) is 0 Å². The molecule has 2 rings (SSSR count). The second-order valence-corrected chi connectivity index (χ2v) is 5.63. The van der Waals surface area contributed by atoms with Crippen LogP contribution in [0.1, 0.15) is 42.5 Å². The molecule has 0 saturated heterocycles. The average Bonchev–Trinajstić information content (AvgIpc) is 2.40. The predicted molar refractivity (Wildman–Crippen MR) is 73.0 cm³/mol. The third-order valence-corrected chi connectivity index (χ3v) is 3.91. The number of hydrogen-bond donors (Lipinski definition) is 1. The molecule has 1 fully saturated rings. The maximum Gasteiger partial charge on any atom is 0.252 e.